The third kappa shape index (κ3) is 8.72. The van der Waals surface area contributed by atoms with Gasteiger partial charge in [0.1, 0.15) is 12.7 Å². The molecule has 0 saturated carbocycles. The summed E-state index contributed by atoms with van der Waals surface area (Å²) in [4.78, 5) is 29.1. The van der Waals surface area contributed by atoms with E-state index < -0.39 is 11.9 Å². The average Bonchev–Trinajstić information content (AvgIpc) is 3.59. The van der Waals surface area contributed by atoms with E-state index in [1.165, 1.54) is 39.1 Å². The van der Waals surface area contributed by atoms with Crippen molar-refractivity contribution in [3.8, 4) is 0 Å². The molecule has 0 saturated heterocycles. The highest BCUT2D eigenvalue weighted by molar-refractivity contribution is 5.87. The minimum absolute atomic E-state index is 0.220. The van der Waals surface area contributed by atoms with Crippen molar-refractivity contribution in [1.82, 2.24) is 19.7 Å². The number of nitrogens with zero attached hydrogens (tertiary/aromatic N) is 3. The molecule has 3 N–H and O–H groups in total. The molecular weight excluding hydrogens is 482 g/mol. The van der Waals surface area contributed by atoms with E-state index in [1.54, 1.807) is 61.2 Å². The molecule has 0 aliphatic rings. The maximum absolute atomic E-state index is 10.2. The number of hydrogen-bond donors (Lipinski definition) is 3. The third-order valence-corrected chi connectivity index (χ3v) is 5.57. The van der Waals surface area contributed by atoms with Gasteiger partial charge < -0.3 is 24.9 Å². The Morgan fingerprint density at radius 2 is 1.63 bits per heavy atom. The standard InChI is InChI=1S/C15H19N5.2C7H6O2/c1-19(2)6-5-13-8-17-15-4-3-12(7-14(13)15)9-20-11-16-10-18-20;2*8-7(9)6-4-2-1-3-5-6/h3-4,7-8,10-11,17H,5-6,9H2,1-2H3;2*1-5H,(H,8,9). The van der Waals surface area contributed by atoms with Gasteiger partial charge in [-0.25, -0.2) is 14.5 Å². The first-order valence-electron chi connectivity index (χ1n) is 12.1. The summed E-state index contributed by atoms with van der Waals surface area (Å²) >= 11 is 0. The van der Waals surface area contributed by atoms with Crippen LogP contribution >= 0.6 is 0 Å². The lowest BCUT2D eigenvalue weighted by Crippen LogP contribution is -3.05. The summed E-state index contributed by atoms with van der Waals surface area (Å²) < 4.78 is 1.84. The summed E-state index contributed by atoms with van der Waals surface area (Å²) in [5.74, 6) is -2.01. The fraction of sp³-hybridized carbons (Fsp3) is 0.172. The largest absolute Gasteiger partial charge is 0.545 e. The average molecular weight is 514 g/mol. The van der Waals surface area contributed by atoms with E-state index >= 15 is 0 Å². The number of hydrogen-bond acceptors (Lipinski definition) is 5. The minimum atomic E-state index is -1.13. The molecule has 0 unspecified atom stereocenters. The van der Waals surface area contributed by atoms with Crippen LogP contribution in [0.25, 0.3) is 10.9 Å². The van der Waals surface area contributed by atoms with Gasteiger partial charge >= 0.3 is 5.97 Å². The molecule has 0 aliphatic heterocycles. The lowest BCUT2D eigenvalue weighted by Gasteiger charge is -2.06. The first kappa shape index (κ1) is 27.8. The quantitative estimate of drug-likeness (QED) is 0.305. The molecule has 5 rings (SSSR count). The minimum Gasteiger partial charge on any atom is -0.545 e. The van der Waals surface area contributed by atoms with Crippen molar-refractivity contribution in [1.29, 1.82) is 0 Å². The van der Waals surface area contributed by atoms with Crippen LogP contribution in [-0.2, 0) is 13.0 Å². The lowest BCUT2D eigenvalue weighted by atomic mass is 10.1. The second-order valence-corrected chi connectivity index (χ2v) is 8.82. The summed E-state index contributed by atoms with van der Waals surface area (Å²) in [6.45, 7) is 1.90. The highest BCUT2D eigenvalue weighted by Crippen LogP contribution is 2.20. The molecule has 9 nitrogen and oxygen atoms in total. The Morgan fingerprint density at radius 3 is 2.13 bits per heavy atom. The van der Waals surface area contributed by atoms with Crippen LogP contribution in [0, 0.1) is 0 Å². The van der Waals surface area contributed by atoms with Crippen LogP contribution in [0.1, 0.15) is 31.8 Å². The van der Waals surface area contributed by atoms with Crippen molar-refractivity contribution in [2.75, 3.05) is 20.6 Å². The SMILES string of the molecule is C[NH+](C)CCc1c[nH]c2ccc(Cn3cncn3)cc12.O=C(O)c1ccccc1.O=C([O-])c1ccccc1. The zero-order valence-corrected chi connectivity index (χ0v) is 21.4. The van der Waals surface area contributed by atoms with Crippen LogP contribution in [-0.4, -0.2) is 57.4 Å². The normalized spacial score (nSPS) is 10.3. The number of benzene rings is 3. The maximum atomic E-state index is 10.2. The Labute approximate surface area is 221 Å². The van der Waals surface area contributed by atoms with Crippen molar-refractivity contribution in [2.24, 2.45) is 0 Å². The molecule has 3 aromatic carbocycles. The molecule has 2 aromatic heterocycles. The molecule has 0 spiro atoms. The van der Waals surface area contributed by atoms with Crippen molar-refractivity contribution < 1.29 is 24.7 Å². The fourth-order valence-electron chi connectivity index (χ4n) is 3.57. The third-order valence-electron chi connectivity index (χ3n) is 5.57. The number of carbonyl (C=O) groups excluding carboxylic acids is 1. The summed E-state index contributed by atoms with van der Waals surface area (Å²) in [5, 5.41) is 24.0. The highest BCUT2D eigenvalue weighted by Gasteiger charge is 2.07. The van der Waals surface area contributed by atoms with Gasteiger partial charge in [0.25, 0.3) is 0 Å². The topological polar surface area (TPSA) is 128 Å². The number of rotatable bonds is 7. The highest BCUT2D eigenvalue weighted by atomic mass is 16.4. The summed E-state index contributed by atoms with van der Waals surface area (Å²) in [6.07, 6.45) is 6.54. The van der Waals surface area contributed by atoms with E-state index in [0.29, 0.717) is 5.56 Å². The molecule has 0 amide bonds. The molecule has 9 heteroatoms. The molecule has 196 valence electrons. The van der Waals surface area contributed by atoms with Crippen LogP contribution in [0.3, 0.4) is 0 Å². The van der Waals surface area contributed by atoms with Crippen molar-refractivity contribution in [3.63, 3.8) is 0 Å². The van der Waals surface area contributed by atoms with Crippen molar-refractivity contribution in [2.45, 2.75) is 13.0 Å². The molecule has 0 fully saturated rings. The molecule has 0 bridgehead atoms. The Morgan fingerprint density at radius 1 is 0.974 bits per heavy atom. The molecule has 0 atom stereocenters. The van der Waals surface area contributed by atoms with Gasteiger partial charge in [-0.15, -0.1) is 0 Å². The number of H-pyrrole nitrogens is 1. The Kier molecular flexibility index (Phi) is 10.3. The summed E-state index contributed by atoms with van der Waals surface area (Å²) in [5.41, 5.74) is 4.40. The monoisotopic (exact) mass is 513 g/mol. The second kappa shape index (κ2) is 14.1. The molecule has 0 radical (unpaired) electrons. The lowest BCUT2D eigenvalue weighted by molar-refractivity contribution is -0.858. The predicted octanol–water partition coefficient (Wildman–Crippen LogP) is 1.93. The van der Waals surface area contributed by atoms with Gasteiger partial charge in [0, 0.05) is 23.5 Å². The number of quaternary nitrogens is 1. The van der Waals surface area contributed by atoms with E-state index in [2.05, 4.69) is 53.6 Å². The predicted molar refractivity (Wildman–Crippen MR) is 143 cm³/mol. The van der Waals surface area contributed by atoms with Crippen LogP contribution in [0.15, 0.2) is 97.7 Å². The van der Waals surface area contributed by atoms with E-state index in [9.17, 15) is 14.7 Å². The van der Waals surface area contributed by atoms with E-state index in [4.69, 9.17) is 5.11 Å². The van der Waals surface area contributed by atoms with Gasteiger partial charge in [-0.05, 0) is 41.0 Å². The van der Waals surface area contributed by atoms with Crippen LogP contribution in [0.5, 0.6) is 0 Å². The van der Waals surface area contributed by atoms with Gasteiger partial charge in [0.2, 0.25) is 0 Å². The van der Waals surface area contributed by atoms with Crippen LogP contribution < -0.4 is 10.0 Å². The fourth-order valence-corrected chi connectivity index (χ4v) is 3.57. The van der Waals surface area contributed by atoms with Gasteiger partial charge in [-0.3, -0.25) is 0 Å². The van der Waals surface area contributed by atoms with Crippen molar-refractivity contribution in [3.05, 3.63) is 120 Å². The molecule has 0 aliphatic carbocycles. The number of aromatic carboxylic acids is 2. The first-order chi connectivity index (χ1) is 18.3. The first-order valence-corrected chi connectivity index (χ1v) is 12.1. The van der Waals surface area contributed by atoms with Gasteiger partial charge in [-0.1, -0.05) is 54.6 Å². The Bertz CT molecular complexity index is 1370. The van der Waals surface area contributed by atoms with Crippen molar-refractivity contribution >= 4 is 22.8 Å². The zero-order valence-electron chi connectivity index (χ0n) is 21.4. The number of carboxylic acids is 2. The second-order valence-electron chi connectivity index (χ2n) is 8.82. The molecule has 38 heavy (non-hydrogen) atoms. The number of carbonyl (C=O) groups is 2. The number of aromatic nitrogens is 4. The number of carboxylic acid groups (broad SMARTS) is 2. The van der Waals surface area contributed by atoms with E-state index in [0.717, 1.165) is 19.5 Å². The van der Waals surface area contributed by atoms with E-state index in [-0.39, 0.29) is 5.56 Å². The number of likely N-dealkylation sites (N-methyl/N-ethyl adjacent to an activating group) is 1. The Hall–Kier alpha value is -4.76. The smallest absolute Gasteiger partial charge is 0.335 e. The number of fused-ring (bicyclic) bond motifs is 1. The molecule has 2 heterocycles. The van der Waals surface area contributed by atoms with Crippen LogP contribution in [0.4, 0.5) is 0 Å². The Balaban J connectivity index is 0.000000184. The van der Waals surface area contributed by atoms with Gasteiger partial charge in [0.05, 0.1) is 38.7 Å². The summed E-state index contributed by atoms with van der Waals surface area (Å²) in [7, 11) is 4.37. The molecule has 5 aromatic rings. The molecular formula is C29H31N5O4. The van der Waals surface area contributed by atoms with Gasteiger partial charge in [-0.2, -0.15) is 5.10 Å². The van der Waals surface area contributed by atoms with Crippen LogP contribution in [0.2, 0.25) is 0 Å². The van der Waals surface area contributed by atoms with Gasteiger partial charge in [0.15, 0.2) is 0 Å². The van der Waals surface area contributed by atoms with E-state index in [1.807, 2.05) is 4.68 Å². The summed E-state index contributed by atoms with van der Waals surface area (Å²) in [6, 6.07) is 22.9. The zero-order chi connectivity index (χ0) is 27.3. The maximum Gasteiger partial charge on any atom is 0.335 e. The number of aromatic amines is 1. The number of nitrogens with one attached hydrogen (secondary N) is 2.